The van der Waals surface area contributed by atoms with Crippen molar-refractivity contribution in [2.75, 3.05) is 0 Å². The van der Waals surface area contributed by atoms with Crippen LogP contribution in [-0.2, 0) is 4.79 Å². The Hall–Kier alpha value is -0.970. The van der Waals surface area contributed by atoms with Crippen LogP contribution in [0.15, 0.2) is 0 Å². The summed E-state index contributed by atoms with van der Waals surface area (Å²) in [6.07, 6.45) is 15.4. The highest BCUT2D eigenvalue weighted by Crippen LogP contribution is 2.08. The number of nitrogens with one attached hydrogen (secondary N) is 1. The van der Waals surface area contributed by atoms with Crippen molar-refractivity contribution in [2.45, 2.75) is 77.7 Å². The number of unbranched alkanes of at least 4 members (excludes halogenated alkanes) is 6. The van der Waals surface area contributed by atoms with Crippen LogP contribution in [0.2, 0.25) is 0 Å². The summed E-state index contributed by atoms with van der Waals surface area (Å²) in [5.41, 5.74) is 0. The second kappa shape index (κ2) is 11.5. The number of hydrogen-bond donors (Lipinski definition) is 1. The molecule has 0 aliphatic heterocycles. The second-order valence-corrected chi connectivity index (χ2v) is 4.57. The lowest BCUT2D eigenvalue weighted by molar-refractivity contribution is -0.121. The van der Waals surface area contributed by atoms with Crippen molar-refractivity contribution in [1.29, 1.82) is 0 Å². The summed E-state index contributed by atoms with van der Waals surface area (Å²) in [5, 5.41) is 2.85. The lowest BCUT2D eigenvalue weighted by atomic mass is 10.1. The number of hydrogen-bond acceptors (Lipinski definition) is 1. The molecule has 0 aromatic rings. The van der Waals surface area contributed by atoms with Gasteiger partial charge in [-0.1, -0.05) is 58.3 Å². The summed E-state index contributed by atoms with van der Waals surface area (Å²) in [6, 6.07) is -0.0907. The molecule has 0 aliphatic carbocycles. The van der Waals surface area contributed by atoms with Gasteiger partial charge in [-0.15, -0.1) is 6.42 Å². The molecule has 0 spiro atoms. The van der Waals surface area contributed by atoms with E-state index in [1.807, 2.05) is 6.92 Å². The van der Waals surface area contributed by atoms with Gasteiger partial charge in [0, 0.05) is 6.42 Å². The number of carbonyl (C=O) groups excluding carboxylic acids is 1. The fraction of sp³-hybridized carbons (Fsp3) is 0.800. The van der Waals surface area contributed by atoms with Crippen LogP contribution in [0.4, 0.5) is 0 Å². The van der Waals surface area contributed by atoms with Crippen molar-refractivity contribution in [3.8, 4) is 12.3 Å². The monoisotopic (exact) mass is 237 g/mol. The van der Waals surface area contributed by atoms with Crippen LogP contribution in [0, 0.1) is 12.3 Å². The zero-order valence-electron chi connectivity index (χ0n) is 11.4. The molecule has 0 bridgehead atoms. The SMILES string of the molecule is C#CC(CC)NC(=O)CCCCCCCCC. The third-order valence-electron chi connectivity index (χ3n) is 2.95. The van der Waals surface area contributed by atoms with Crippen molar-refractivity contribution >= 4 is 5.91 Å². The van der Waals surface area contributed by atoms with Gasteiger partial charge in [0.05, 0.1) is 6.04 Å². The minimum atomic E-state index is -0.0907. The average Bonchev–Trinajstić information content (AvgIpc) is 2.34. The van der Waals surface area contributed by atoms with E-state index >= 15 is 0 Å². The van der Waals surface area contributed by atoms with E-state index in [0.29, 0.717) is 6.42 Å². The quantitative estimate of drug-likeness (QED) is 0.456. The fourth-order valence-electron chi connectivity index (χ4n) is 1.77. The molecule has 0 rings (SSSR count). The molecule has 1 atom stereocenters. The normalized spacial score (nSPS) is 11.8. The third-order valence-corrected chi connectivity index (χ3v) is 2.95. The highest BCUT2D eigenvalue weighted by Gasteiger charge is 2.06. The van der Waals surface area contributed by atoms with E-state index < -0.39 is 0 Å². The van der Waals surface area contributed by atoms with Crippen molar-refractivity contribution in [2.24, 2.45) is 0 Å². The molecule has 0 fully saturated rings. The summed E-state index contributed by atoms with van der Waals surface area (Å²) < 4.78 is 0. The smallest absolute Gasteiger partial charge is 0.220 e. The van der Waals surface area contributed by atoms with E-state index in [2.05, 4.69) is 18.2 Å². The van der Waals surface area contributed by atoms with Gasteiger partial charge in [-0.25, -0.2) is 0 Å². The first kappa shape index (κ1) is 16.0. The Morgan fingerprint density at radius 1 is 1.12 bits per heavy atom. The van der Waals surface area contributed by atoms with Crippen LogP contribution in [0.25, 0.3) is 0 Å². The van der Waals surface area contributed by atoms with E-state index in [1.165, 1.54) is 32.1 Å². The summed E-state index contributed by atoms with van der Waals surface area (Å²) >= 11 is 0. The maximum atomic E-state index is 11.5. The van der Waals surface area contributed by atoms with Crippen molar-refractivity contribution < 1.29 is 4.79 Å². The second-order valence-electron chi connectivity index (χ2n) is 4.57. The molecule has 0 saturated carbocycles. The highest BCUT2D eigenvalue weighted by molar-refractivity contribution is 5.76. The highest BCUT2D eigenvalue weighted by atomic mass is 16.1. The van der Waals surface area contributed by atoms with Gasteiger partial charge in [0.1, 0.15) is 0 Å². The zero-order chi connectivity index (χ0) is 12.9. The molecule has 0 aliphatic rings. The first-order valence-electron chi connectivity index (χ1n) is 7.00. The minimum Gasteiger partial charge on any atom is -0.342 e. The van der Waals surface area contributed by atoms with Crippen LogP contribution in [0.1, 0.15) is 71.6 Å². The van der Waals surface area contributed by atoms with Gasteiger partial charge in [0.2, 0.25) is 5.91 Å². The van der Waals surface area contributed by atoms with Gasteiger partial charge in [-0.05, 0) is 12.8 Å². The topological polar surface area (TPSA) is 29.1 Å². The number of rotatable bonds is 10. The van der Waals surface area contributed by atoms with Crippen molar-refractivity contribution in [3.05, 3.63) is 0 Å². The minimum absolute atomic E-state index is 0.0907. The van der Waals surface area contributed by atoms with Crippen LogP contribution in [-0.4, -0.2) is 11.9 Å². The first-order valence-corrected chi connectivity index (χ1v) is 7.00. The largest absolute Gasteiger partial charge is 0.342 e. The van der Waals surface area contributed by atoms with Gasteiger partial charge >= 0.3 is 0 Å². The van der Waals surface area contributed by atoms with Crippen LogP contribution in [0.5, 0.6) is 0 Å². The van der Waals surface area contributed by atoms with Gasteiger partial charge in [0.25, 0.3) is 0 Å². The Morgan fingerprint density at radius 2 is 1.71 bits per heavy atom. The van der Waals surface area contributed by atoms with Gasteiger partial charge in [-0.3, -0.25) is 4.79 Å². The van der Waals surface area contributed by atoms with Crippen LogP contribution >= 0.6 is 0 Å². The molecular formula is C15H27NO. The Kier molecular flexibility index (Phi) is 10.9. The van der Waals surface area contributed by atoms with E-state index in [4.69, 9.17) is 6.42 Å². The van der Waals surface area contributed by atoms with Crippen molar-refractivity contribution in [3.63, 3.8) is 0 Å². The standard InChI is InChI=1S/C15H27NO/c1-4-7-8-9-10-11-12-13-15(17)16-14(5-2)6-3/h2,14H,4,6-13H2,1,3H3,(H,16,17). The van der Waals surface area contributed by atoms with E-state index in [9.17, 15) is 4.79 Å². The molecule has 98 valence electrons. The predicted molar refractivity (Wildman–Crippen MR) is 73.7 cm³/mol. The Bertz CT molecular complexity index is 230. The Morgan fingerprint density at radius 3 is 2.24 bits per heavy atom. The number of amides is 1. The average molecular weight is 237 g/mol. The summed E-state index contributed by atoms with van der Waals surface area (Å²) in [6.45, 7) is 4.21. The van der Waals surface area contributed by atoms with Crippen LogP contribution < -0.4 is 5.32 Å². The molecule has 1 unspecified atom stereocenters. The summed E-state index contributed by atoms with van der Waals surface area (Å²) in [5.74, 6) is 2.68. The fourth-order valence-corrected chi connectivity index (χ4v) is 1.77. The maximum Gasteiger partial charge on any atom is 0.220 e. The Balaban J connectivity index is 3.36. The molecule has 2 heteroatoms. The molecule has 1 amide bonds. The summed E-state index contributed by atoms with van der Waals surface area (Å²) in [4.78, 5) is 11.5. The molecule has 0 aromatic heterocycles. The van der Waals surface area contributed by atoms with Gasteiger partial charge in [0.15, 0.2) is 0 Å². The number of carbonyl (C=O) groups is 1. The van der Waals surface area contributed by atoms with E-state index in [1.54, 1.807) is 0 Å². The predicted octanol–water partition coefficient (Wildman–Crippen LogP) is 3.66. The first-order chi connectivity index (χ1) is 8.24. The Labute approximate surface area is 107 Å². The van der Waals surface area contributed by atoms with Gasteiger partial charge < -0.3 is 5.32 Å². The molecule has 0 aromatic carbocycles. The number of terminal acetylenes is 1. The zero-order valence-corrected chi connectivity index (χ0v) is 11.4. The maximum absolute atomic E-state index is 11.5. The molecule has 0 radical (unpaired) electrons. The van der Waals surface area contributed by atoms with Crippen LogP contribution in [0.3, 0.4) is 0 Å². The van der Waals surface area contributed by atoms with Crippen molar-refractivity contribution in [1.82, 2.24) is 5.32 Å². The molecule has 2 nitrogen and oxygen atoms in total. The summed E-state index contributed by atoms with van der Waals surface area (Å²) in [7, 11) is 0. The lowest BCUT2D eigenvalue weighted by Crippen LogP contribution is -2.32. The third kappa shape index (κ3) is 9.93. The molecular weight excluding hydrogens is 210 g/mol. The van der Waals surface area contributed by atoms with Gasteiger partial charge in [-0.2, -0.15) is 0 Å². The molecule has 17 heavy (non-hydrogen) atoms. The molecule has 1 N–H and O–H groups in total. The lowest BCUT2D eigenvalue weighted by Gasteiger charge is -2.10. The molecule has 0 heterocycles. The molecule has 0 saturated heterocycles. The van der Waals surface area contributed by atoms with E-state index in [0.717, 1.165) is 19.3 Å². The van der Waals surface area contributed by atoms with E-state index in [-0.39, 0.29) is 11.9 Å².